The van der Waals surface area contributed by atoms with Gasteiger partial charge in [-0.3, -0.25) is 4.79 Å². The van der Waals surface area contributed by atoms with Crippen LogP contribution >= 0.6 is 0 Å². The highest BCUT2D eigenvalue weighted by Gasteiger charge is 2.48. The Kier molecular flexibility index (Phi) is 3.47. The van der Waals surface area contributed by atoms with Crippen molar-refractivity contribution in [2.24, 2.45) is 16.7 Å². The second-order valence-electron chi connectivity index (χ2n) is 6.17. The number of carbonyl (C=O) groups is 1. The minimum Gasteiger partial charge on any atom is -0.481 e. The van der Waals surface area contributed by atoms with Crippen LogP contribution in [0.4, 0.5) is 0 Å². The van der Waals surface area contributed by atoms with Gasteiger partial charge in [-0.25, -0.2) is 0 Å². The smallest absolute Gasteiger partial charge is 0.310 e. The maximum Gasteiger partial charge on any atom is 0.310 e. The fraction of sp³-hybridized carbons (Fsp3) is 0.923. The summed E-state index contributed by atoms with van der Waals surface area (Å²) in [7, 11) is 0. The van der Waals surface area contributed by atoms with Gasteiger partial charge in [-0.05, 0) is 30.6 Å². The lowest BCUT2D eigenvalue weighted by Crippen LogP contribution is -2.42. The molecule has 0 amide bonds. The Balaban J connectivity index is 2.96. The Morgan fingerprint density at radius 1 is 1.27 bits per heavy atom. The molecule has 0 aromatic rings. The van der Waals surface area contributed by atoms with Gasteiger partial charge in [0.15, 0.2) is 0 Å². The molecule has 1 aliphatic carbocycles. The molecule has 0 heterocycles. The number of aliphatic carboxylic acids is 1. The molecule has 1 saturated carbocycles. The average Bonchev–Trinajstić information content (AvgIpc) is 2.26. The lowest BCUT2D eigenvalue weighted by atomic mass is 9.62. The predicted octanol–water partition coefficient (Wildman–Crippen LogP) is 3.70. The van der Waals surface area contributed by atoms with Gasteiger partial charge in [0.05, 0.1) is 5.41 Å². The van der Waals surface area contributed by atoms with E-state index in [9.17, 15) is 9.90 Å². The molecule has 1 aliphatic rings. The second kappa shape index (κ2) is 4.15. The first-order valence-corrected chi connectivity index (χ1v) is 6.03. The molecular weight excluding hydrogens is 188 g/mol. The van der Waals surface area contributed by atoms with Crippen molar-refractivity contribution in [3.63, 3.8) is 0 Å². The maximum atomic E-state index is 11.6. The first kappa shape index (κ1) is 12.5. The monoisotopic (exact) mass is 212 g/mol. The maximum absolute atomic E-state index is 11.6. The van der Waals surface area contributed by atoms with Crippen molar-refractivity contribution in [2.45, 2.75) is 59.8 Å². The summed E-state index contributed by atoms with van der Waals surface area (Å²) in [4.78, 5) is 11.6. The van der Waals surface area contributed by atoms with Crippen LogP contribution in [0.25, 0.3) is 0 Å². The van der Waals surface area contributed by atoms with Gasteiger partial charge in [0, 0.05) is 0 Å². The van der Waals surface area contributed by atoms with Crippen molar-refractivity contribution in [3.05, 3.63) is 0 Å². The van der Waals surface area contributed by atoms with Crippen LogP contribution in [0.3, 0.4) is 0 Å². The number of hydrogen-bond donors (Lipinski definition) is 1. The summed E-state index contributed by atoms with van der Waals surface area (Å²) in [5, 5.41) is 9.54. The summed E-state index contributed by atoms with van der Waals surface area (Å²) in [5.41, 5.74) is -0.638. The van der Waals surface area contributed by atoms with E-state index < -0.39 is 11.4 Å². The van der Waals surface area contributed by atoms with E-state index in [0.29, 0.717) is 5.92 Å². The van der Waals surface area contributed by atoms with Crippen molar-refractivity contribution in [1.82, 2.24) is 0 Å². The normalized spacial score (nSPS) is 33.5. The minimum atomic E-state index is -0.593. The SMILES string of the molecule is CC1CCCC(C(=O)O)(C(C)(C)C)CC1. The van der Waals surface area contributed by atoms with Crippen LogP contribution in [0, 0.1) is 16.7 Å². The molecular formula is C13H24O2. The van der Waals surface area contributed by atoms with E-state index in [1.54, 1.807) is 0 Å². The Morgan fingerprint density at radius 2 is 1.87 bits per heavy atom. The van der Waals surface area contributed by atoms with Gasteiger partial charge in [-0.2, -0.15) is 0 Å². The summed E-state index contributed by atoms with van der Waals surface area (Å²) in [6.07, 6.45) is 4.99. The van der Waals surface area contributed by atoms with Crippen molar-refractivity contribution >= 4 is 5.97 Å². The van der Waals surface area contributed by atoms with Crippen LogP contribution in [0.5, 0.6) is 0 Å². The fourth-order valence-electron chi connectivity index (χ4n) is 2.80. The van der Waals surface area contributed by atoms with Crippen LogP contribution in [0.2, 0.25) is 0 Å². The molecule has 0 aromatic carbocycles. The number of rotatable bonds is 1. The fourth-order valence-corrected chi connectivity index (χ4v) is 2.80. The lowest BCUT2D eigenvalue weighted by molar-refractivity contribution is -0.157. The molecule has 2 atom stereocenters. The van der Waals surface area contributed by atoms with E-state index in [0.717, 1.165) is 25.7 Å². The van der Waals surface area contributed by atoms with Gasteiger partial charge < -0.3 is 5.11 Å². The molecule has 0 spiro atoms. The predicted molar refractivity (Wildman–Crippen MR) is 61.8 cm³/mol. The average molecular weight is 212 g/mol. The summed E-state index contributed by atoms with van der Waals surface area (Å²) in [5.74, 6) is 0.0951. The lowest BCUT2D eigenvalue weighted by Gasteiger charge is -2.40. The highest BCUT2D eigenvalue weighted by molar-refractivity contribution is 5.75. The zero-order valence-corrected chi connectivity index (χ0v) is 10.5. The van der Waals surface area contributed by atoms with Crippen molar-refractivity contribution in [2.75, 3.05) is 0 Å². The molecule has 0 aromatic heterocycles. The molecule has 0 aliphatic heterocycles. The van der Waals surface area contributed by atoms with Gasteiger partial charge in [-0.1, -0.05) is 40.5 Å². The second-order valence-corrected chi connectivity index (χ2v) is 6.17. The van der Waals surface area contributed by atoms with Crippen LogP contribution in [-0.2, 0) is 4.79 Å². The van der Waals surface area contributed by atoms with E-state index in [2.05, 4.69) is 27.7 Å². The van der Waals surface area contributed by atoms with E-state index in [1.807, 2.05) is 0 Å². The molecule has 2 nitrogen and oxygen atoms in total. The summed E-state index contributed by atoms with van der Waals surface area (Å²) < 4.78 is 0. The molecule has 0 bridgehead atoms. The van der Waals surface area contributed by atoms with E-state index >= 15 is 0 Å². The third kappa shape index (κ3) is 2.35. The molecule has 15 heavy (non-hydrogen) atoms. The molecule has 2 unspecified atom stereocenters. The Labute approximate surface area is 93.1 Å². The zero-order valence-electron chi connectivity index (χ0n) is 10.5. The largest absolute Gasteiger partial charge is 0.481 e. The molecule has 88 valence electrons. The summed E-state index contributed by atoms with van der Waals surface area (Å²) >= 11 is 0. The third-order valence-electron chi connectivity index (χ3n) is 4.21. The number of hydrogen-bond acceptors (Lipinski definition) is 1. The standard InChI is InChI=1S/C13H24O2/c1-10-6-5-8-13(9-7-10,11(14)15)12(2,3)4/h10H,5-9H2,1-4H3,(H,14,15). The summed E-state index contributed by atoms with van der Waals surface area (Å²) in [6.45, 7) is 8.44. The zero-order chi connectivity index (χ0) is 11.7. The molecule has 0 radical (unpaired) electrons. The number of carboxylic acid groups (broad SMARTS) is 1. The van der Waals surface area contributed by atoms with Crippen LogP contribution < -0.4 is 0 Å². The Hall–Kier alpha value is -0.530. The summed E-state index contributed by atoms with van der Waals surface area (Å²) in [6, 6.07) is 0. The minimum absolute atomic E-state index is 0.136. The highest BCUT2D eigenvalue weighted by Crippen LogP contribution is 2.49. The molecule has 2 heteroatoms. The number of carboxylic acids is 1. The first-order valence-electron chi connectivity index (χ1n) is 6.03. The van der Waals surface area contributed by atoms with E-state index in [1.165, 1.54) is 6.42 Å². The van der Waals surface area contributed by atoms with Crippen LogP contribution in [-0.4, -0.2) is 11.1 Å². The van der Waals surface area contributed by atoms with Gasteiger partial charge in [-0.15, -0.1) is 0 Å². The van der Waals surface area contributed by atoms with Gasteiger partial charge in [0.2, 0.25) is 0 Å². The third-order valence-corrected chi connectivity index (χ3v) is 4.21. The quantitative estimate of drug-likeness (QED) is 0.673. The first-order chi connectivity index (χ1) is 6.79. The van der Waals surface area contributed by atoms with Crippen LogP contribution in [0.1, 0.15) is 59.8 Å². The Morgan fingerprint density at radius 3 is 2.33 bits per heavy atom. The molecule has 1 rings (SSSR count). The molecule has 1 N–H and O–H groups in total. The molecule has 1 fully saturated rings. The van der Waals surface area contributed by atoms with E-state index in [4.69, 9.17) is 0 Å². The van der Waals surface area contributed by atoms with Crippen LogP contribution in [0.15, 0.2) is 0 Å². The van der Waals surface area contributed by atoms with E-state index in [-0.39, 0.29) is 5.41 Å². The highest BCUT2D eigenvalue weighted by atomic mass is 16.4. The van der Waals surface area contributed by atoms with Crippen molar-refractivity contribution in [3.8, 4) is 0 Å². The van der Waals surface area contributed by atoms with Gasteiger partial charge in [0.1, 0.15) is 0 Å². The van der Waals surface area contributed by atoms with Crippen molar-refractivity contribution in [1.29, 1.82) is 0 Å². The topological polar surface area (TPSA) is 37.3 Å². The van der Waals surface area contributed by atoms with Gasteiger partial charge in [0.25, 0.3) is 0 Å². The van der Waals surface area contributed by atoms with Gasteiger partial charge >= 0.3 is 5.97 Å². The Bertz CT molecular complexity index is 239. The molecule has 0 saturated heterocycles. The van der Waals surface area contributed by atoms with Crippen molar-refractivity contribution < 1.29 is 9.90 Å².